The summed E-state index contributed by atoms with van der Waals surface area (Å²) in [7, 11) is 4.03. The monoisotopic (exact) mass is 439 g/mol. The van der Waals surface area contributed by atoms with Gasteiger partial charge in [0, 0.05) is 41.1 Å². The lowest BCUT2D eigenvalue weighted by Crippen LogP contribution is -2.10. The lowest BCUT2D eigenvalue weighted by molar-refractivity contribution is 0.402. The van der Waals surface area contributed by atoms with Crippen LogP contribution in [0.25, 0.3) is 22.0 Å². The molecule has 1 aromatic heterocycles. The number of aromatic nitrogens is 1. The summed E-state index contributed by atoms with van der Waals surface area (Å²) in [6, 6.07) is 15.1. The fraction of sp³-hybridized carbons (Fsp3) is 0.125. The smallest absolute Gasteiger partial charge is 0.170 e. The molecule has 4 nitrogen and oxygen atoms in total. The molecular weight excluding hydrogens is 420 g/mol. The summed E-state index contributed by atoms with van der Waals surface area (Å²) in [5, 5.41) is 13.4. The Morgan fingerprint density at radius 3 is 2.42 bits per heavy atom. The van der Waals surface area contributed by atoms with Crippen LogP contribution in [0, 0.1) is 11.6 Å². The van der Waals surface area contributed by atoms with E-state index < -0.39 is 17.4 Å². The van der Waals surface area contributed by atoms with Gasteiger partial charge in [-0.1, -0.05) is 23.7 Å². The van der Waals surface area contributed by atoms with Crippen molar-refractivity contribution >= 4 is 33.9 Å². The summed E-state index contributed by atoms with van der Waals surface area (Å²) in [5.41, 5.74) is 3.64. The van der Waals surface area contributed by atoms with E-state index in [0.717, 1.165) is 24.0 Å². The van der Waals surface area contributed by atoms with Crippen LogP contribution in [-0.4, -0.2) is 29.1 Å². The van der Waals surface area contributed by atoms with Crippen molar-refractivity contribution in [3.05, 3.63) is 83.0 Å². The van der Waals surface area contributed by atoms with Gasteiger partial charge in [-0.25, -0.2) is 8.78 Å². The Bertz CT molecular complexity index is 1240. The molecule has 2 N–H and O–H groups in total. The second-order valence-corrected chi connectivity index (χ2v) is 7.96. The first kappa shape index (κ1) is 21.0. The van der Waals surface area contributed by atoms with E-state index in [0.29, 0.717) is 10.9 Å². The van der Waals surface area contributed by atoms with Crippen LogP contribution < -0.4 is 5.32 Å². The van der Waals surface area contributed by atoms with Crippen LogP contribution in [0.3, 0.4) is 0 Å². The fourth-order valence-electron chi connectivity index (χ4n) is 3.43. The van der Waals surface area contributed by atoms with E-state index in [1.165, 1.54) is 17.7 Å². The zero-order valence-corrected chi connectivity index (χ0v) is 17.7. The van der Waals surface area contributed by atoms with Gasteiger partial charge in [-0.15, -0.1) is 0 Å². The SMILES string of the molecule is CN(C)Cc1ccc(Nc2ccnc3cc(F)c(-c4cc(F)c(O)c(Cl)c4)cc23)cc1. The number of phenols is 1. The van der Waals surface area contributed by atoms with E-state index >= 15 is 0 Å². The number of pyridine rings is 1. The molecule has 0 aliphatic carbocycles. The van der Waals surface area contributed by atoms with Crippen molar-refractivity contribution in [3.8, 4) is 16.9 Å². The average molecular weight is 440 g/mol. The molecule has 0 saturated heterocycles. The van der Waals surface area contributed by atoms with Crippen LogP contribution in [0.15, 0.2) is 60.8 Å². The lowest BCUT2D eigenvalue weighted by Gasteiger charge is -2.13. The zero-order valence-electron chi connectivity index (χ0n) is 17.0. The molecule has 0 saturated carbocycles. The van der Waals surface area contributed by atoms with Crippen LogP contribution in [0.1, 0.15) is 5.56 Å². The van der Waals surface area contributed by atoms with Gasteiger partial charge in [0.15, 0.2) is 11.6 Å². The van der Waals surface area contributed by atoms with E-state index in [9.17, 15) is 13.9 Å². The van der Waals surface area contributed by atoms with E-state index in [-0.39, 0.29) is 16.1 Å². The van der Waals surface area contributed by atoms with Crippen molar-refractivity contribution in [2.75, 3.05) is 19.4 Å². The Morgan fingerprint density at radius 2 is 1.74 bits per heavy atom. The van der Waals surface area contributed by atoms with Gasteiger partial charge < -0.3 is 15.3 Å². The number of anilines is 2. The van der Waals surface area contributed by atoms with Crippen molar-refractivity contribution in [1.29, 1.82) is 0 Å². The molecule has 0 bridgehead atoms. The average Bonchev–Trinajstić information content (AvgIpc) is 2.72. The molecular formula is C24H20ClF2N3O. The van der Waals surface area contributed by atoms with Crippen LogP contribution in [0.5, 0.6) is 5.75 Å². The van der Waals surface area contributed by atoms with Crippen LogP contribution in [-0.2, 0) is 6.54 Å². The highest BCUT2D eigenvalue weighted by atomic mass is 35.5. The molecule has 4 rings (SSSR count). The molecule has 0 fully saturated rings. The number of hydrogen-bond donors (Lipinski definition) is 2. The predicted molar refractivity (Wildman–Crippen MR) is 121 cm³/mol. The predicted octanol–water partition coefficient (Wildman–Crippen LogP) is 6.34. The normalized spacial score (nSPS) is 11.3. The number of nitrogens with one attached hydrogen (secondary N) is 1. The van der Waals surface area contributed by atoms with Crippen molar-refractivity contribution in [3.63, 3.8) is 0 Å². The topological polar surface area (TPSA) is 48.4 Å². The Kier molecular flexibility index (Phi) is 5.76. The number of hydrogen-bond acceptors (Lipinski definition) is 4. The number of nitrogens with zero attached hydrogens (tertiary/aromatic N) is 2. The largest absolute Gasteiger partial charge is 0.504 e. The fourth-order valence-corrected chi connectivity index (χ4v) is 3.64. The van der Waals surface area contributed by atoms with Crippen LogP contribution in [0.4, 0.5) is 20.2 Å². The van der Waals surface area contributed by atoms with Gasteiger partial charge in [-0.05, 0) is 61.6 Å². The summed E-state index contributed by atoms with van der Waals surface area (Å²) in [5.74, 6) is -2.14. The maximum absolute atomic E-state index is 14.8. The van der Waals surface area contributed by atoms with E-state index in [1.807, 2.05) is 38.4 Å². The summed E-state index contributed by atoms with van der Waals surface area (Å²) in [6.07, 6.45) is 1.60. The highest BCUT2D eigenvalue weighted by Gasteiger charge is 2.15. The number of aromatic hydroxyl groups is 1. The molecule has 0 unspecified atom stereocenters. The van der Waals surface area contributed by atoms with Crippen LogP contribution in [0.2, 0.25) is 5.02 Å². The van der Waals surface area contributed by atoms with Crippen molar-refractivity contribution < 1.29 is 13.9 Å². The number of phenolic OH excluding ortho intramolecular Hbond substituents is 1. The summed E-state index contributed by atoms with van der Waals surface area (Å²) in [4.78, 5) is 6.34. The standard InChI is InChI=1S/C24H20ClF2N3O/c1-30(2)13-14-3-5-16(6-4-14)29-22-7-8-28-23-12-20(26)17(11-18(22)23)15-9-19(25)24(31)21(27)10-15/h3-12,31H,13H2,1-2H3,(H,28,29). The highest BCUT2D eigenvalue weighted by molar-refractivity contribution is 6.32. The molecule has 7 heteroatoms. The molecule has 0 spiro atoms. The molecule has 0 aliphatic rings. The Labute approximate surface area is 183 Å². The molecule has 0 radical (unpaired) electrons. The number of rotatable bonds is 5. The lowest BCUT2D eigenvalue weighted by atomic mass is 10.0. The third-order valence-electron chi connectivity index (χ3n) is 4.89. The maximum atomic E-state index is 14.8. The van der Waals surface area contributed by atoms with Gasteiger partial charge in [0.05, 0.1) is 10.5 Å². The van der Waals surface area contributed by atoms with E-state index in [1.54, 1.807) is 18.3 Å². The zero-order chi connectivity index (χ0) is 22.1. The van der Waals surface area contributed by atoms with Gasteiger partial charge in [-0.2, -0.15) is 0 Å². The molecule has 0 amide bonds. The summed E-state index contributed by atoms with van der Waals surface area (Å²) >= 11 is 5.88. The van der Waals surface area contributed by atoms with Crippen molar-refractivity contribution in [1.82, 2.24) is 9.88 Å². The molecule has 0 atom stereocenters. The van der Waals surface area contributed by atoms with Crippen molar-refractivity contribution in [2.45, 2.75) is 6.54 Å². The van der Waals surface area contributed by atoms with E-state index in [2.05, 4.69) is 15.2 Å². The highest BCUT2D eigenvalue weighted by Crippen LogP contribution is 2.36. The molecule has 3 aromatic carbocycles. The van der Waals surface area contributed by atoms with Gasteiger partial charge in [-0.3, -0.25) is 4.98 Å². The third-order valence-corrected chi connectivity index (χ3v) is 5.18. The molecule has 0 aliphatic heterocycles. The minimum atomic E-state index is -0.913. The maximum Gasteiger partial charge on any atom is 0.170 e. The molecule has 1 heterocycles. The Balaban J connectivity index is 1.75. The summed E-state index contributed by atoms with van der Waals surface area (Å²) < 4.78 is 28.7. The number of halogens is 3. The quantitative estimate of drug-likeness (QED) is 0.380. The molecule has 158 valence electrons. The molecule has 31 heavy (non-hydrogen) atoms. The van der Waals surface area contributed by atoms with Crippen LogP contribution >= 0.6 is 11.6 Å². The van der Waals surface area contributed by atoms with E-state index in [4.69, 9.17) is 11.6 Å². The minimum Gasteiger partial charge on any atom is -0.504 e. The first-order valence-electron chi connectivity index (χ1n) is 9.59. The first-order chi connectivity index (χ1) is 14.8. The number of fused-ring (bicyclic) bond motifs is 1. The number of benzene rings is 3. The molecule has 4 aromatic rings. The van der Waals surface area contributed by atoms with Gasteiger partial charge >= 0.3 is 0 Å². The second kappa shape index (κ2) is 8.49. The summed E-state index contributed by atoms with van der Waals surface area (Å²) in [6.45, 7) is 0.840. The van der Waals surface area contributed by atoms with Crippen molar-refractivity contribution in [2.24, 2.45) is 0 Å². The van der Waals surface area contributed by atoms with Gasteiger partial charge in [0.1, 0.15) is 5.82 Å². The van der Waals surface area contributed by atoms with Gasteiger partial charge in [0.2, 0.25) is 0 Å². The minimum absolute atomic E-state index is 0.158. The van der Waals surface area contributed by atoms with Gasteiger partial charge in [0.25, 0.3) is 0 Å². The Morgan fingerprint density at radius 1 is 1.00 bits per heavy atom. The second-order valence-electron chi connectivity index (χ2n) is 7.56. The third kappa shape index (κ3) is 4.45. The Hall–Kier alpha value is -3.22. The first-order valence-corrected chi connectivity index (χ1v) is 9.97.